The number of hydrogen-bond acceptors (Lipinski definition) is 3. The Labute approximate surface area is 204 Å². The molecule has 0 bridgehead atoms. The van der Waals surface area contributed by atoms with E-state index in [4.69, 9.17) is 0 Å². The quantitative estimate of drug-likeness (QED) is 0.450. The van der Waals surface area contributed by atoms with Gasteiger partial charge in [0.2, 0.25) is 5.91 Å². The highest BCUT2D eigenvalue weighted by Crippen LogP contribution is 2.59. The fourth-order valence-electron chi connectivity index (χ4n) is 5.55. The Balaban J connectivity index is 0.998. The first-order valence-electron chi connectivity index (χ1n) is 12.4. The predicted octanol–water partition coefficient (Wildman–Crippen LogP) is 3.95. The molecule has 2 aliphatic rings. The molecule has 4 aromatic rings. The Hall–Kier alpha value is -3.87. The molecule has 1 aliphatic heterocycles. The summed E-state index contributed by atoms with van der Waals surface area (Å²) in [6, 6.07) is 18.0. The van der Waals surface area contributed by atoms with Gasteiger partial charge in [0.1, 0.15) is 0 Å². The van der Waals surface area contributed by atoms with Gasteiger partial charge in [-0.2, -0.15) is 5.10 Å². The number of benzene rings is 2. The van der Waals surface area contributed by atoms with Crippen molar-refractivity contribution < 1.29 is 9.59 Å². The van der Waals surface area contributed by atoms with E-state index in [2.05, 4.69) is 27.5 Å². The average Bonchev–Trinajstić information content (AvgIpc) is 3.23. The van der Waals surface area contributed by atoms with Crippen molar-refractivity contribution in [2.75, 3.05) is 19.6 Å². The Morgan fingerprint density at radius 3 is 2.66 bits per heavy atom. The summed E-state index contributed by atoms with van der Waals surface area (Å²) in [6.07, 6.45) is 8.97. The third-order valence-electron chi connectivity index (χ3n) is 7.77. The number of aromatic amines is 1. The molecule has 1 saturated heterocycles. The van der Waals surface area contributed by atoms with E-state index in [1.807, 2.05) is 53.6 Å². The van der Waals surface area contributed by atoms with Gasteiger partial charge in [0.25, 0.3) is 5.91 Å². The van der Waals surface area contributed by atoms with Crippen molar-refractivity contribution in [2.24, 2.45) is 11.3 Å². The van der Waals surface area contributed by atoms with Crippen LogP contribution in [0.5, 0.6) is 0 Å². The number of carbonyl (C=O) groups is 2. The molecule has 178 valence electrons. The standard InChI is InChI=1S/C28H29N5O2/c34-26(29-13-10-20-17-30-25-9-5-4-8-23(20)25)24-16-28(24)11-14-32(15-12-28)27(35)21-18-31-33(19-21)22-6-2-1-3-7-22/h1-9,17-19,24,30H,10-16H2,(H,29,34)/t24-/m0/s1. The first-order chi connectivity index (χ1) is 17.1. The fraction of sp³-hybridized carbons (Fsp3) is 0.321. The van der Waals surface area contributed by atoms with Crippen LogP contribution < -0.4 is 5.32 Å². The second-order valence-corrected chi connectivity index (χ2v) is 9.82. The van der Waals surface area contributed by atoms with Gasteiger partial charge < -0.3 is 15.2 Å². The summed E-state index contributed by atoms with van der Waals surface area (Å²) in [5.41, 5.74) is 3.96. The Morgan fingerprint density at radius 1 is 1.06 bits per heavy atom. The highest BCUT2D eigenvalue weighted by atomic mass is 16.2. The molecule has 6 rings (SSSR count). The van der Waals surface area contributed by atoms with Gasteiger partial charge in [0, 0.05) is 48.8 Å². The van der Waals surface area contributed by atoms with Crippen LogP contribution in [0.3, 0.4) is 0 Å². The monoisotopic (exact) mass is 467 g/mol. The van der Waals surface area contributed by atoms with E-state index in [1.165, 1.54) is 10.9 Å². The summed E-state index contributed by atoms with van der Waals surface area (Å²) < 4.78 is 1.73. The van der Waals surface area contributed by atoms with Crippen molar-refractivity contribution in [1.82, 2.24) is 25.0 Å². The Kier molecular flexibility index (Phi) is 5.40. The number of carbonyl (C=O) groups excluding carboxylic acids is 2. The zero-order chi connectivity index (χ0) is 23.8. The number of H-pyrrole nitrogens is 1. The number of aromatic nitrogens is 3. The van der Waals surface area contributed by atoms with Crippen molar-refractivity contribution in [3.63, 3.8) is 0 Å². The van der Waals surface area contributed by atoms with Gasteiger partial charge in [-0.3, -0.25) is 9.59 Å². The second-order valence-electron chi connectivity index (χ2n) is 9.82. The molecule has 7 heteroatoms. The van der Waals surface area contributed by atoms with Gasteiger partial charge in [-0.1, -0.05) is 36.4 Å². The highest BCUT2D eigenvalue weighted by molar-refractivity contribution is 5.94. The van der Waals surface area contributed by atoms with Crippen molar-refractivity contribution in [3.05, 3.63) is 84.3 Å². The molecule has 3 heterocycles. The number of nitrogens with one attached hydrogen (secondary N) is 2. The van der Waals surface area contributed by atoms with Crippen LogP contribution in [0.1, 0.15) is 35.2 Å². The SMILES string of the molecule is O=C(NCCc1c[nH]c2ccccc12)[C@@H]1CC12CCN(C(=O)c1cnn(-c3ccccc3)c1)CC2. The third-order valence-corrected chi connectivity index (χ3v) is 7.77. The number of nitrogens with zero attached hydrogens (tertiary/aromatic N) is 3. The van der Waals surface area contributed by atoms with Gasteiger partial charge in [0.15, 0.2) is 0 Å². The first-order valence-corrected chi connectivity index (χ1v) is 12.4. The van der Waals surface area contributed by atoms with Gasteiger partial charge in [-0.15, -0.1) is 0 Å². The number of piperidine rings is 1. The van der Waals surface area contributed by atoms with Gasteiger partial charge in [0.05, 0.1) is 17.4 Å². The summed E-state index contributed by atoms with van der Waals surface area (Å²) >= 11 is 0. The minimum absolute atomic E-state index is 0.0161. The number of para-hydroxylation sites is 2. The lowest BCUT2D eigenvalue weighted by Gasteiger charge is -2.32. The van der Waals surface area contributed by atoms with Gasteiger partial charge in [-0.25, -0.2) is 4.68 Å². The zero-order valence-corrected chi connectivity index (χ0v) is 19.6. The van der Waals surface area contributed by atoms with Crippen LogP contribution >= 0.6 is 0 Å². The van der Waals surface area contributed by atoms with Crippen LogP contribution in [0, 0.1) is 11.3 Å². The van der Waals surface area contributed by atoms with Crippen LogP contribution in [0.15, 0.2) is 73.2 Å². The fourth-order valence-corrected chi connectivity index (χ4v) is 5.55. The van der Waals surface area contributed by atoms with E-state index in [0.29, 0.717) is 25.2 Å². The molecule has 2 aromatic heterocycles. The van der Waals surface area contributed by atoms with Gasteiger partial charge >= 0.3 is 0 Å². The molecule has 1 atom stereocenters. The third kappa shape index (κ3) is 4.11. The smallest absolute Gasteiger partial charge is 0.257 e. The first kappa shape index (κ1) is 21.6. The van der Waals surface area contributed by atoms with Crippen LogP contribution in [0.4, 0.5) is 0 Å². The number of likely N-dealkylation sites (tertiary alicyclic amines) is 1. The Morgan fingerprint density at radius 2 is 1.83 bits per heavy atom. The topological polar surface area (TPSA) is 83.0 Å². The van der Waals surface area contributed by atoms with E-state index >= 15 is 0 Å². The minimum atomic E-state index is 0.0161. The summed E-state index contributed by atoms with van der Waals surface area (Å²) in [5, 5.41) is 8.73. The van der Waals surface area contributed by atoms with Crippen molar-refractivity contribution in [3.8, 4) is 5.69 Å². The minimum Gasteiger partial charge on any atom is -0.361 e. The van der Waals surface area contributed by atoms with E-state index < -0.39 is 0 Å². The molecular formula is C28H29N5O2. The van der Waals surface area contributed by atoms with Gasteiger partial charge in [-0.05, 0) is 54.9 Å². The maximum Gasteiger partial charge on any atom is 0.257 e. The predicted molar refractivity (Wildman–Crippen MR) is 134 cm³/mol. The lowest BCUT2D eigenvalue weighted by atomic mass is 9.90. The number of hydrogen-bond donors (Lipinski definition) is 2. The molecule has 35 heavy (non-hydrogen) atoms. The lowest BCUT2D eigenvalue weighted by molar-refractivity contribution is -0.123. The molecule has 1 spiro atoms. The maximum atomic E-state index is 13.0. The molecule has 7 nitrogen and oxygen atoms in total. The van der Waals surface area contributed by atoms with Crippen LogP contribution in [0.2, 0.25) is 0 Å². The largest absolute Gasteiger partial charge is 0.361 e. The average molecular weight is 468 g/mol. The molecule has 2 N–H and O–H groups in total. The van der Waals surface area contributed by atoms with Crippen molar-refractivity contribution in [1.29, 1.82) is 0 Å². The van der Waals surface area contributed by atoms with E-state index in [9.17, 15) is 9.59 Å². The molecule has 1 aliphatic carbocycles. The molecule has 0 unspecified atom stereocenters. The highest BCUT2D eigenvalue weighted by Gasteiger charge is 2.58. The summed E-state index contributed by atoms with van der Waals surface area (Å²) in [5.74, 6) is 0.250. The Bertz CT molecular complexity index is 1360. The molecule has 2 amide bonds. The van der Waals surface area contributed by atoms with Crippen molar-refractivity contribution >= 4 is 22.7 Å². The van der Waals surface area contributed by atoms with E-state index in [-0.39, 0.29) is 23.1 Å². The maximum absolute atomic E-state index is 13.0. The van der Waals surface area contributed by atoms with Crippen LogP contribution in [0.25, 0.3) is 16.6 Å². The second kappa shape index (κ2) is 8.73. The van der Waals surface area contributed by atoms with E-state index in [0.717, 1.165) is 36.9 Å². The summed E-state index contributed by atoms with van der Waals surface area (Å²) in [4.78, 5) is 31.1. The molecule has 2 fully saturated rings. The molecule has 1 saturated carbocycles. The molecule has 0 radical (unpaired) electrons. The van der Waals surface area contributed by atoms with E-state index in [1.54, 1.807) is 17.1 Å². The summed E-state index contributed by atoms with van der Waals surface area (Å²) in [6.45, 7) is 2.02. The number of rotatable bonds is 6. The van der Waals surface area contributed by atoms with Crippen LogP contribution in [-0.2, 0) is 11.2 Å². The molecular weight excluding hydrogens is 438 g/mol. The normalized spacial score (nSPS) is 18.6. The van der Waals surface area contributed by atoms with Crippen molar-refractivity contribution in [2.45, 2.75) is 25.7 Å². The lowest BCUT2D eigenvalue weighted by Crippen LogP contribution is -2.40. The number of fused-ring (bicyclic) bond motifs is 1. The summed E-state index contributed by atoms with van der Waals surface area (Å²) in [7, 11) is 0. The number of amides is 2. The molecule has 2 aromatic carbocycles. The zero-order valence-electron chi connectivity index (χ0n) is 19.6. The van der Waals surface area contributed by atoms with Crippen LogP contribution in [-0.4, -0.2) is 51.1 Å².